The van der Waals surface area contributed by atoms with Crippen LogP contribution in [0.2, 0.25) is 0 Å². The van der Waals surface area contributed by atoms with Crippen LogP contribution in [0.15, 0.2) is 6.33 Å². The number of phosphoric ester groups is 1. The summed E-state index contributed by atoms with van der Waals surface area (Å²) in [5.74, 6) is -1.19. The Bertz CT molecular complexity index is 805. The number of hydrogen-bond donors (Lipinski definition) is 3. The van der Waals surface area contributed by atoms with Crippen molar-refractivity contribution >= 4 is 13.7 Å². The van der Waals surface area contributed by atoms with E-state index in [0.717, 1.165) is 19.3 Å². The molecule has 1 aliphatic heterocycles. The third kappa shape index (κ3) is 11.7. The smallest absolute Gasteiger partial charge is 0.472 e. The van der Waals surface area contributed by atoms with Crippen LogP contribution in [-0.4, -0.2) is 44.8 Å². The van der Waals surface area contributed by atoms with Gasteiger partial charge in [0.15, 0.2) is 5.69 Å². The van der Waals surface area contributed by atoms with E-state index < -0.39 is 26.1 Å². The van der Waals surface area contributed by atoms with Gasteiger partial charge >= 0.3 is 7.82 Å². The first kappa shape index (κ1) is 30.8. The minimum atomic E-state index is -4.15. The largest absolute Gasteiger partial charge is 0.493 e. The minimum Gasteiger partial charge on any atom is -0.493 e. The molecule has 2 heterocycles. The zero-order valence-electron chi connectivity index (χ0n) is 21.8. The topological polar surface area (TPSA) is 146 Å². The van der Waals surface area contributed by atoms with E-state index in [4.69, 9.17) is 19.5 Å². The van der Waals surface area contributed by atoms with Crippen LogP contribution >= 0.6 is 7.82 Å². The molecule has 11 heteroatoms. The van der Waals surface area contributed by atoms with Crippen molar-refractivity contribution in [2.75, 3.05) is 13.2 Å². The summed E-state index contributed by atoms with van der Waals surface area (Å²) in [7, 11) is -4.15. The Morgan fingerprint density at radius 1 is 1.03 bits per heavy atom. The first-order valence-corrected chi connectivity index (χ1v) is 15.2. The molecule has 3 atom stereocenters. The highest BCUT2D eigenvalue weighted by Gasteiger charge is 2.32. The average Bonchev–Trinajstić information content (AvgIpc) is 3.46. The van der Waals surface area contributed by atoms with Gasteiger partial charge in [-0.25, -0.2) is 9.55 Å². The number of aromatic hydroxyl groups is 1. The number of rotatable bonds is 21. The van der Waals surface area contributed by atoms with Crippen LogP contribution in [-0.2, 0) is 18.3 Å². The fourth-order valence-electron chi connectivity index (χ4n) is 4.44. The molecule has 1 fully saturated rings. The molecule has 0 aromatic carbocycles. The average molecular weight is 532 g/mol. The van der Waals surface area contributed by atoms with Crippen molar-refractivity contribution in [1.82, 2.24) is 9.55 Å². The summed E-state index contributed by atoms with van der Waals surface area (Å²) >= 11 is 0. The molecule has 1 unspecified atom stereocenters. The molecule has 0 saturated carbocycles. The first-order valence-electron chi connectivity index (χ1n) is 13.7. The third-order valence-corrected chi connectivity index (χ3v) is 7.56. The normalized spacial score (nSPS) is 19.5. The Kier molecular flexibility index (Phi) is 14.6. The molecule has 0 radical (unpaired) electrons. The first-order chi connectivity index (χ1) is 17.3. The highest BCUT2D eigenvalue weighted by molar-refractivity contribution is 7.47. The molecule has 0 aliphatic carbocycles. The molecule has 10 nitrogen and oxygen atoms in total. The van der Waals surface area contributed by atoms with Crippen LogP contribution in [0.25, 0.3) is 0 Å². The van der Waals surface area contributed by atoms with Gasteiger partial charge in [0.2, 0.25) is 5.88 Å². The molecule has 1 saturated heterocycles. The summed E-state index contributed by atoms with van der Waals surface area (Å²) in [4.78, 5) is 24.9. The predicted molar refractivity (Wildman–Crippen MR) is 138 cm³/mol. The Morgan fingerprint density at radius 2 is 1.58 bits per heavy atom. The highest BCUT2D eigenvalue weighted by Crippen LogP contribution is 2.44. The van der Waals surface area contributed by atoms with Gasteiger partial charge in [0.25, 0.3) is 5.91 Å². The van der Waals surface area contributed by atoms with E-state index in [2.05, 4.69) is 11.9 Å². The van der Waals surface area contributed by atoms with Crippen molar-refractivity contribution in [1.29, 1.82) is 0 Å². The number of imidazole rings is 1. The van der Waals surface area contributed by atoms with E-state index in [1.54, 1.807) is 0 Å². The van der Waals surface area contributed by atoms with Gasteiger partial charge < -0.3 is 20.5 Å². The second-order valence-corrected chi connectivity index (χ2v) is 11.1. The molecule has 1 amide bonds. The molecule has 4 N–H and O–H groups in total. The van der Waals surface area contributed by atoms with E-state index in [-0.39, 0.29) is 24.8 Å². The van der Waals surface area contributed by atoms with Gasteiger partial charge in [-0.15, -0.1) is 0 Å². The second kappa shape index (κ2) is 17.1. The summed E-state index contributed by atoms with van der Waals surface area (Å²) < 4.78 is 29.4. The van der Waals surface area contributed by atoms with Crippen LogP contribution < -0.4 is 5.73 Å². The number of carbonyl (C=O) groups excluding carboxylic acids is 1. The molecule has 1 aliphatic rings. The Balaban J connectivity index is 1.46. The maximum absolute atomic E-state index is 12.1. The van der Waals surface area contributed by atoms with Gasteiger partial charge in [-0.1, -0.05) is 90.4 Å². The van der Waals surface area contributed by atoms with Gasteiger partial charge in [0.1, 0.15) is 12.6 Å². The standard InChI is InChI=1S/C25H46N3O7P/c1-2-3-4-5-6-7-8-9-10-11-12-13-14-15-18-33-36(31,32)34-19-21-16-17-22(35-21)28-20-27-23(24(26)29)25(28)30/h20-22,30H,2-19H2,1H3,(H2,26,29)(H,31,32)/t21-,22+/m0/s1. The maximum Gasteiger partial charge on any atom is 0.472 e. The number of primary amides is 1. The van der Waals surface area contributed by atoms with Crippen molar-refractivity contribution in [2.24, 2.45) is 5.73 Å². The lowest BCUT2D eigenvalue weighted by atomic mass is 10.0. The van der Waals surface area contributed by atoms with E-state index in [1.807, 2.05) is 0 Å². The molecule has 36 heavy (non-hydrogen) atoms. The van der Waals surface area contributed by atoms with Crippen LogP contribution in [0.5, 0.6) is 5.88 Å². The van der Waals surface area contributed by atoms with Crippen LogP contribution in [0, 0.1) is 0 Å². The van der Waals surface area contributed by atoms with Crippen molar-refractivity contribution in [3.05, 3.63) is 12.0 Å². The summed E-state index contributed by atoms with van der Waals surface area (Å²) in [6, 6.07) is 0. The number of amides is 1. The molecule has 1 aromatic heterocycles. The lowest BCUT2D eigenvalue weighted by Crippen LogP contribution is -2.16. The number of unbranched alkanes of at least 4 members (excludes halogenated alkanes) is 13. The Hall–Kier alpha value is -1.45. The number of aromatic nitrogens is 2. The lowest BCUT2D eigenvalue weighted by Gasteiger charge is -2.17. The summed E-state index contributed by atoms with van der Waals surface area (Å²) in [6.07, 6.45) is 18.7. The zero-order chi connectivity index (χ0) is 26.2. The van der Waals surface area contributed by atoms with Crippen LogP contribution in [0.3, 0.4) is 0 Å². The van der Waals surface area contributed by atoms with Gasteiger partial charge in [0.05, 0.1) is 19.3 Å². The van der Waals surface area contributed by atoms with Crippen LogP contribution in [0.4, 0.5) is 0 Å². The highest BCUT2D eigenvalue weighted by atomic mass is 31.2. The van der Waals surface area contributed by atoms with E-state index >= 15 is 0 Å². The second-order valence-electron chi connectivity index (χ2n) is 9.67. The number of phosphoric acid groups is 1. The quantitative estimate of drug-likeness (QED) is 0.130. The van der Waals surface area contributed by atoms with E-state index in [1.165, 1.54) is 81.5 Å². The summed E-state index contributed by atoms with van der Waals surface area (Å²) in [5.41, 5.74) is 4.93. The van der Waals surface area contributed by atoms with Gasteiger partial charge in [0, 0.05) is 0 Å². The Labute approximate surface area is 215 Å². The van der Waals surface area contributed by atoms with Gasteiger partial charge in [-0.05, 0) is 19.3 Å². The van der Waals surface area contributed by atoms with E-state index in [9.17, 15) is 19.4 Å². The number of carbonyl (C=O) groups is 1. The van der Waals surface area contributed by atoms with Crippen LogP contribution in [0.1, 0.15) is 126 Å². The van der Waals surface area contributed by atoms with Crippen molar-refractivity contribution < 1.29 is 33.1 Å². The number of hydrogen-bond acceptors (Lipinski definition) is 7. The SMILES string of the molecule is CCCCCCCCCCCCCCCCOP(=O)(O)OC[C@@H]1CC[C@H](n2cnc(C(N)=O)c2O)O1. The monoisotopic (exact) mass is 531 g/mol. The predicted octanol–water partition coefficient (Wildman–Crippen LogP) is 5.98. The molecule has 0 spiro atoms. The molecule has 208 valence electrons. The lowest BCUT2D eigenvalue weighted by molar-refractivity contribution is -0.0264. The Morgan fingerprint density at radius 3 is 2.11 bits per heavy atom. The number of ether oxygens (including phenoxy) is 1. The molecular formula is C25H46N3O7P. The molecule has 0 bridgehead atoms. The fourth-order valence-corrected chi connectivity index (χ4v) is 5.23. The van der Waals surface area contributed by atoms with Gasteiger partial charge in [-0.3, -0.25) is 18.4 Å². The number of nitrogens with zero attached hydrogens (tertiary/aromatic N) is 2. The third-order valence-electron chi connectivity index (χ3n) is 6.57. The molecule has 1 aromatic rings. The van der Waals surface area contributed by atoms with Crippen molar-refractivity contribution in [3.63, 3.8) is 0 Å². The molecular weight excluding hydrogens is 485 g/mol. The van der Waals surface area contributed by atoms with E-state index in [0.29, 0.717) is 12.8 Å². The fraction of sp³-hybridized carbons (Fsp3) is 0.840. The summed E-state index contributed by atoms with van der Waals surface area (Å²) in [5, 5.41) is 10.1. The van der Waals surface area contributed by atoms with Gasteiger partial charge in [-0.2, -0.15) is 0 Å². The number of nitrogens with two attached hydrogens (primary N) is 1. The van der Waals surface area contributed by atoms with Crippen molar-refractivity contribution in [3.8, 4) is 5.88 Å². The summed E-state index contributed by atoms with van der Waals surface area (Å²) in [6.45, 7) is 2.32. The maximum atomic E-state index is 12.1. The minimum absolute atomic E-state index is 0.110. The molecule has 2 rings (SSSR count). The van der Waals surface area contributed by atoms with Crippen molar-refractivity contribution in [2.45, 2.75) is 122 Å². The zero-order valence-corrected chi connectivity index (χ0v) is 22.7.